The first-order chi connectivity index (χ1) is 7.77. The van der Waals surface area contributed by atoms with Crippen molar-refractivity contribution in [3.8, 4) is 0 Å². The van der Waals surface area contributed by atoms with E-state index in [1.54, 1.807) is 6.92 Å². The molecule has 7 heteroatoms. The molecule has 4 nitrogen and oxygen atoms in total. The lowest BCUT2D eigenvalue weighted by Gasteiger charge is -2.11. The van der Waals surface area contributed by atoms with Gasteiger partial charge in [-0.25, -0.2) is 13.6 Å². The highest BCUT2D eigenvalue weighted by Gasteiger charge is 2.28. The van der Waals surface area contributed by atoms with Crippen molar-refractivity contribution in [3.63, 3.8) is 0 Å². The van der Waals surface area contributed by atoms with E-state index in [-0.39, 0.29) is 11.6 Å². The monoisotopic (exact) mass is 265 g/mol. The van der Waals surface area contributed by atoms with Crippen LogP contribution >= 0.6 is 11.6 Å². The summed E-state index contributed by atoms with van der Waals surface area (Å²) in [5.74, 6) is -4.18. The standard InChI is InChI=1S/C10H10ClF2NO3/c1-3-17-9(16)7-5(11)4-6(10(2,12)13)14-8(7)15/h4H,3H2,1-2H3,(H,14,15). The van der Waals surface area contributed by atoms with Gasteiger partial charge < -0.3 is 9.72 Å². The predicted octanol–water partition coefficient (Wildman–Crippen LogP) is 2.32. The molecule has 94 valence electrons. The van der Waals surface area contributed by atoms with Crippen LogP contribution in [0, 0.1) is 0 Å². The van der Waals surface area contributed by atoms with Gasteiger partial charge in [0.05, 0.1) is 17.3 Å². The maximum atomic E-state index is 13.0. The molecule has 1 heterocycles. The summed E-state index contributed by atoms with van der Waals surface area (Å²) in [4.78, 5) is 24.7. The van der Waals surface area contributed by atoms with Gasteiger partial charge in [0.2, 0.25) is 0 Å². The Kier molecular flexibility index (Phi) is 3.87. The molecule has 0 radical (unpaired) electrons. The molecule has 0 aliphatic rings. The van der Waals surface area contributed by atoms with Crippen molar-refractivity contribution in [1.29, 1.82) is 0 Å². The van der Waals surface area contributed by atoms with Gasteiger partial charge in [-0.2, -0.15) is 0 Å². The van der Waals surface area contributed by atoms with Crippen LogP contribution in [-0.2, 0) is 10.7 Å². The van der Waals surface area contributed by atoms with E-state index in [4.69, 9.17) is 11.6 Å². The van der Waals surface area contributed by atoms with Crippen molar-refractivity contribution in [2.24, 2.45) is 0 Å². The summed E-state index contributed by atoms with van der Waals surface area (Å²) in [5.41, 5.74) is -2.12. The average Bonchev–Trinajstić information content (AvgIpc) is 2.15. The van der Waals surface area contributed by atoms with Crippen molar-refractivity contribution in [3.05, 3.63) is 32.7 Å². The summed E-state index contributed by atoms with van der Waals surface area (Å²) < 4.78 is 30.5. The summed E-state index contributed by atoms with van der Waals surface area (Å²) in [6, 6.07) is 0.842. The lowest BCUT2D eigenvalue weighted by Crippen LogP contribution is -2.24. The number of carbonyl (C=O) groups is 1. The van der Waals surface area contributed by atoms with Crippen molar-refractivity contribution in [2.75, 3.05) is 6.61 Å². The first-order valence-corrected chi connectivity index (χ1v) is 5.13. The Morgan fingerprint density at radius 1 is 1.59 bits per heavy atom. The molecule has 0 unspecified atom stereocenters. The van der Waals surface area contributed by atoms with Gasteiger partial charge in [0.25, 0.3) is 11.5 Å². The fourth-order valence-corrected chi connectivity index (χ4v) is 1.43. The Bertz CT molecular complexity index is 493. The van der Waals surface area contributed by atoms with Crippen molar-refractivity contribution < 1.29 is 18.3 Å². The lowest BCUT2D eigenvalue weighted by atomic mass is 10.2. The number of esters is 1. The molecule has 0 aromatic carbocycles. The molecule has 0 amide bonds. The first kappa shape index (κ1) is 13.6. The summed E-state index contributed by atoms with van der Waals surface area (Å²) in [6.45, 7) is 2.22. The molecule has 0 spiro atoms. The predicted molar refractivity (Wildman–Crippen MR) is 57.6 cm³/mol. The molecule has 0 fully saturated rings. The highest BCUT2D eigenvalue weighted by molar-refractivity contribution is 6.33. The third-order valence-corrected chi connectivity index (χ3v) is 2.24. The maximum Gasteiger partial charge on any atom is 0.345 e. The first-order valence-electron chi connectivity index (χ1n) is 4.75. The number of ether oxygens (including phenoxy) is 1. The fraction of sp³-hybridized carbons (Fsp3) is 0.400. The molecule has 1 aromatic rings. The van der Waals surface area contributed by atoms with Gasteiger partial charge >= 0.3 is 5.97 Å². The van der Waals surface area contributed by atoms with Crippen LogP contribution in [0.5, 0.6) is 0 Å². The maximum absolute atomic E-state index is 13.0. The van der Waals surface area contributed by atoms with Gasteiger partial charge in [-0.1, -0.05) is 11.6 Å². The number of halogens is 3. The van der Waals surface area contributed by atoms with Crippen LogP contribution in [0.15, 0.2) is 10.9 Å². The van der Waals surface area contributed by atoms with Crippen molar-refractivity contribution in [1.82, 2.24) is 4.98 Å². The molecule has 1 aromatic heterocycles. The molecule has 0 atom stereocenters. The van der Waals surface area contributed by atoms with Crippen LogP contribution < -0.4 is 5.56 Å². The van der Waals surface area contributed by atoms with Gasteiger partial charge in [0.15, 0.2) is 0 Å². The van der Waals surface area contributed by atoms with Gasteiger partial charge in [-0.3, -0.25) is 4.79 Å². The van der Waals surface area contributed by atoms with E-state index in [1.165, 1.54) is 0 Å². The van der Waals surface area contributed by atoms with E-state index < -0.39 is 28.7 Å². The topological polar surface area (TPSA) is 59.2 Å². The third-order valence-electron chi connectivity index (χ3n) is 1.94. The number of nitrogens with one attached hydrogen (secondary N) is 1. The Morgan fingerprint density at radius 2 is 2.18 bits per heavy atom. The molecule has 17 heavy (non-hydrogen) atoms. The fourth-order valence-electron chi connectivity index (χ4n) is 1.16. The number of hydrogen-bond acceptors (Lipinski definition) is 3. The van der Waals surface area contributed by atoms with E-state index in [0.717, 1.165) is 6.07 Å². The largest absolute Gasteiger partial charge is 0.462 e. The molecule has 0 bridgehead atoms. The summed E-state index contributed by atoms with van der Waals surface area (Å²) in [5, 5.41) is -0.358. The lowest BCUT2D eigenvalue weighted by molar-refractivity contribution is 0.0123. The van der Waals surface area contributed by atoms with Crippen LogP contribution in [0.4, 0.5) is 8.78 Å². The number of alkyl halides is 2. The molecular weight excluding hydrogens is 256 g/mol. The van der Waals surface area contributed by atoms with E-state index >= 15 is 0 Å². The van der Waals surface area contributed by atoms with Crippen LogP contribution in [0.25, 0.3) is 0 Å². The zero-order valence-electron chi connectivity index (χ0n) is 9.14. The van der Waals surface area contributed by atoms with Crippen molar-refractivity contribution in [2.45, 2.75) is 19.8 Å². The quantitative estimate of drug-likeness (QED) is 0.853. The Hall–Kier alpha value is -1.43. The molecular formula is C10H10ClF2NO3. The average molecular weight is 266 g/mol. The van der Waals surface area contributed by atoms with Gasteiger partial charge in [-0.05, 0) is 13.0 Å². The van der Waals surface area contributed by atoms with E-state index in [9.17, 15) is 18.4 Å². The number of aromatic amines is 1. The third kappa shape index (κ3) is 3.03. The second kappa shape index (κ2) is 4.83. The SMILES string of the molecule is CCOC(=O)c1c(Cl)cc(C(C)(F)F)[nH]c1=O. The second-order valence-electron chi connectivity index (χ2n) is 3.34. The molecule has 0 saturated carbocycles. The number of hydrogen-bond donors (Lipinski definition) is 1. The molecule has 0 aliphatic carbocycles. The molecule has 0 aliphatic heterocycles. The Labute approximate surface area is 101 Å². The smallest absolute Gasteiger partial charge is 0.345 e. The number of H-pyrrole nitrogens is 1. The summed E-state index contributed by atoms with van der Waals surface area (Å²) in [6.07, 6.45) is 0. The Morgan fingerprint density at radius 3 is 2.59 bits per heavy atom. The minimum Gasteiger partial charge on any atom is -0.462 e. The normalized spacial score (nSPS) is 11.4. The number of carbonyl (C=O) groups excluding carboxylic acids is 1. The van der Waals surface area contributed by atoms with E-state index in [1.807, 2.05) is 4.98 Å². The minimum atomic E-state index is -3.24. The number of pyridine rings is 1. The van der Waals surface area contributed by atoms with E-state index in [0.29, 0.717) is 6.92 Å². The van der Waals surface area contributed by atoms with Crippen LogP contribution in [0.2, 0.25) is 5.02 Å². The highest BCUT2D eigenvalue weighted by atomic mass is 35.5. The van der Waals surface area contributed by atoms with Crippen LogP contribution in [0.1, 0.15) is 29.9 Å². The second-order valence-corrected chi connectivity index (χ2v) is 3.75. The van der Waals surface area contributed by atoms with E-state index in [2.05, 4.69) is 4.74 Å². The van der Waals surface area contributed by atoms with Crippen LogP contribution in [0.3, 0.4) is 0 Å². The van der Waals surface area contributed by atoms with Gasteiger partial charge in [-0.15, -0.1) is 0 Å². The molecule has 0 saturated heterocycles. The van der Waals surface area contributed by atoms with Gasteiger partial charge in [0, 0.05) is 6.92 Å². The number of rotatable bonds is 3. The zero-order valence-corrected chi connectivity index (χ0v) is 9.90. The minimum absolute atomic E-state index is 0.0558. The van der Waals surface area contributed by atoms with Gasteiger partial charge in [0.1, 0.15) is 5.56 Å². The Balaban J connectivity index is 3.30. The zero-order chi connectivity index (χ0) is 13.2. The van der Waals surface area contributed by atoms with Crippen LogP contribution in [-0.4, -0.2) is 17.6 Å². The molecule has 1 rings (SSSR count). The van der Waals surface area contributed by atoms with Crippen molar-refractivity contribution >= 4 is 17.6 Å². The summed E-state index contributed by atoms with van der Waals surface area (Å²) in [7, 11) is 0. The molecule has 1 N–H and O–H groups in total. The summed E-state index contributed by atoms with van der Waals surface area (Å²) >= 11 is 5.62. The highest BCUT2D eigenvalue weighted by Crippen LogP contribution is 2.27. The number of aromatic nitrogens is 1.